The highest BCUT2D eigenvalue weighted by Crippen LogP contribution is 2.11. The Morgan fingerprint density at radius 1 is 1.28 bits per heavy atom. The molecular weight excluding hydrogens is 230 g/mol. The zero-order chi connectivity index (χ0) is 13.4. The fourth-order valence-corrected chi connectivity index (χ4v) is 1.44. The molecule has 0 bridgehead atoms. The largest absolute Gasteiger partial charge is 0.463 e. The molecule has 100 valence electrons. The zero-order valence-corrected chi connectivity index (χ0v) is 11.0. The lowest BCUT2D eigenvalue weighted by Gasteiger charge is -2.08. The molecule has 18 heavy (non-hydrogen) atoms. The van der Waals surface area contributed by atoms with E-state index in [9.17, 15) is 4.79 Å². The smallest absolute Gasteiger partial charge is 0.310 e. The van der Waals surface area contributed by atoms with E-state index in [1.54, 1.807) is 6.07 Å². The molecule has 0 aromatic heterocycles. The highest BCUT2D eigenvalue weighted by atomic mass is 16.6. The van der Waals surface area contributed by atoms with E-state index in [1.807, 2.05) is 18.2 Å². The van der Waals surface area contributed by atoms with Crippen LogP contribution in [0.15, 0.2) is 24.3 Å². The topological polar surface area (TPSA) is 61.5 Å². The average Bonchev–Trinajstić information content (AvgIpc) is 2.31. The maximum atomic E-state index is 11.5. The second-order valence-electron chi connectivity index (χ2n) is 4.56. The minimum Gasteiger partial charge on any atom is -0.463 e. The van der Waals surface area contributed by atoms with Gasteiger partial charge in [0.2, 0.25) is 0 Å². The lowest BCUT2D eigenvalue weighted by Crippen LogP contribution is -2.14. The third-order valence-electron chi connectivity index (χ3n) is 2.33. The van der Waals surface area contributed by atoms with Crippen molar-refractivity contribution in [2.45, 2.75) is 20.3 Å². The van der Waals surface area contributed by atoms with E-state index in [2.05, 4.69) is 13.8 Å². The number of benzene rings is 1. The third-order valence-corrected chi connectivity index (χ3v) is 2.33. The molecule has 2 N–H and O–H groups in total. The molecule has 0 spiro atoms. The highest BCUT2D eigenvalue weighted by molar-refractivity contribution is 5.74. The molecule has 4 heteroatoms. The Labute approximate surface area is 108 Å². The Morgan fingerprint density at radius 3 is 2.67 bits per heavy atom. The fraction of sp³-hybridized carbons (Fsp3) is 0.500. The van der Waals surface area contributed by atoms with Crippen molar-refractivity contribution in [2.75, 3.05) is 25.6 Å². The van der Waals surface area contributed by atoms with Gasteiger partial charge in [-0.1, -0.05) is 32.0 Å². The second kappa shape index (κ2) is 7.71. The summed E-state index contributed by atoms with van der Waals surface area (Å²) in [6.45, 7) is 5.56. The number of esters is 1. The minimum atomic E-state index is -0.277. The number of hydrogen-bond donors (Lipinski definition) is 1. The van der Waals surface area contributed by atoms with Crippen molar-refractivity contribution in [3.8, 4) is 0 Å². The monoisotopic (exact) mass is 251 g/mol. The molecule has 0 aliphatic rings. The first-order chi connectivity index (χ1) is 8.59. The zero-order valence-electron chi connectivity index (χ0n) is 11.0. The highest BCUT2D eigenvalue weighted by Gasteiger charge is 2.07. The van der Waals surface area contributed by atoms with Crippen molar-refractivity contribution >= 4 is 11.7 Å². The molecule has 4 nitrogen and oxygen atoms in total. The van der Waals surface area contributed by atoms with Crippen LogP contribution in [-0.2, 0) is 20.7 Å². The number of para-hydroxylation sites is 1. The van der Waals surface area contributed by atoms with Gasteiger partial charge in [0.25, 0.3) is 0 Å². The van der Waals surface area contributed by atoms with E-state index in [0.717, 1.165) is 5.56 Å². The van der Waals surface area contributed by atoms with E-state index in [-0.39, 0.29) is 19.0 Å². The lowest BCUT2D eigenvalue weighted by atomic mass is 10.1. The van der Waals surface area contributed by atoms with Crippen LogP contribution in [0.3, 0.4) is 0 Å². The third kappa shape index (κ3) is 5.68. The maximum absolute atomic E-state index is 11.5. The first kappa shape index (κ1) is 14.5. The van der Waals surface area contributed by atoms with Crippen LogP contribution in [0.1, 0.15) is 19.4 Å². The quantitative estimate of drug-likeness (QED) is 0.457. The molecule has 0 saturated heterocycles. The van der Waals surface area contributed by atoms with E-state index >= 15 is 0 Å². The molecule has 0 amide bonds. The number of ether oxygens (including phenoxy) is 2. The number of nitrogen functional groups attached to an aromatic ring is 1. The first-order valence-corrected chi connectivity index (χ1v) is 6.16. The summed E-state index contributed by atoms with van der Waals surface area (Å²) in [6.07, 6.45) is 0.205. The summed E-state index contributed by atoms with van der Waals surface area (Å²) in [4.78, 5) is 11.5. The standard InChI is InChI=1S/C14H21NO3/c1-11(2)10-17-7-8-18-14(16)9-12-5-3-4-6-13(12)15/h3-6,11H,7-10,15H2,1-2H3. The molecule has 0 fully saturated rings. The molecule has 1 rings (SSSR count). The molecule has 0 aliphatic heterocycles. The average molecular weight is 251 g/mol. The SMILES string of the molecule is CC(C)COCCOC(=O)Cc1ccccc1N. The van der Waals surface area contributed by atoms with Crippen molar-refractivity contribution in [1.29, 1.82) is 0 Å². The molecule has 0 saturated carbocycles. The summed E-state index contributed by atoms with van der Waals surface area (Å²) in [7, 11) is 0. The summed E-state index contributed by atoms with van der Waals surface area (Å²) < 4.78 is 10.4. The van der Waals surface area contributed by atoms with Crippen LogP contribution < -0.4 is 5.73 Å². The van der Waals surface area contributed by atoms with E-state index in [0.29, 0.717) is 24.8 Å². The summed E-state index contributed by atoms with van der Waals surface area (Å²) in [5, 5.41) is 0. The predicted octanol–water partition coefficient (Wildman–Crippen LogP) is 2.03. The van der Waals surface area contributed by atoms with Crippen molar-refractivity contribution in [2.24, 2.45) is 5.92 Å². The van der Waals surface area contributed by atoms with Gasteiger partial charge >= 0.3 is 5.97 Å². The van der Waals surface area contributed by atoms with Gasteiger partial charge in [-0.2, -0.15) is 0 Å². The summed E-state index contributed by atoms with van der Waals surface area (Å²) in [6, 6.07) is 7.29. The molecule has 0 atom stereocenters. The molecule has 0 radical (unpaired) electrons. The molecule has 1 aromatic carbocycles. The Morgan fingerprint density at radius 2 is 2.00 bits per heavy atom. The van der Waals surface area contributed by atoms with Gasteiger partial charge in [-0.3, -0.25) is 4.79 Å². The van der Waals surface area contributed by atoms with Gasteiger partial charge in [0.1, 0.15) is 6.61 Å². The number of nitrogens with two attached hydrogens (primary N) is 1. The van der Waals surface area contributed by atoms with Gasteiger partial charge in [-0.25, -0.2) is 0 Å². The number of hydrogen-bond acceptors (Lipinski definition) is 4. The van der Waals surface area contributed by atoms with Crippen molar-refractivity contribution < 1.29 is 14.3 Å². The predicted molar refractivity (Wildman–Crippen MR) is 71.2 cm³/mol. The van der Waals surface area contributed by atoms with Crippen LogP contribution in [-0.4, -0.2) is 25.8 Å². The van der Waals surface area contributed by atoms with E-state index in [1.165, 1.54) is 0 Å². The number of carbonyl (C=O) groups is 1. The van der Waals surface area contributed by atoms with Crippen LogP contribution in [0, 0.1) is 5.92 Å². The van der Waals surface area contributed by atoms with Gasteiger partial charge in [-0.15, -0.1) is 0 Å². The van der Waals surface area contributed by atoms with Gasteiger partial charge < -0.3 is 15.2 Å². The van der Waals surface area contributed by atoms with Crippen molar-refractivity contribution in [3.05, 3.63) is 29.8 Å². The summed E-state index contributed by atoms with van der Waals surface area (Å²) in [5.41, 5.74) is 7.16. The summed E-state index contributed by atoms with van der Waals surface area (Å²) in [5.74, 6) is 0.214. The maximum Gasteiger partial charge on any atom is 0.310 e. The van der Waals surface area contributed by atoms with Crippen molar-refractivity contribution in [3.63, 3.8) is 0 Å². The van der Waals surface area contributed by atoms with Gasteiger partial charge in [0, 0.05) is 12.3 Å². The van der Waals surface area contributed by atoms with Crippen LogP contribution in [0.5, 0.6) is 0 Å². The van der Waals surface area contributed by atoms with Gasteiger partial charge in [0.05, 0.1) is 13.0 Å². The molecule has 0 aliphatic carbocycles. The molecule has 0 heterocycles. The number of anilines is 1. The van der Waals surface area contributed by atoms with Crippen LogP contribution >= 0.6 is 0 Å². The Bertz CT molecular complexity index is 377. The van der Waals surface area contributed by atoms with E-state index in [4.69, 9.17) is 15.2 Å². The molecule has 0 unspecified atom stereocenters. The normalized spacial score (nSPS) is 10.6. The Kier molecular flexibility index (Phi) is 6.22. The Balaban J connectivity index is 2.20. The lowest BCUT2D eigenvalue weighted by molar-refractivity contribution is -0.144. The Hall–Kier alpha value is -1.55. The van der Waals surface area contributed by atoms with Crippen LogP contribution in [0.25, 0.3) is 0 Å². The van der Waals surface area contributed by atoms with Gasteiger partial charge in [-0.05, 0) is 17.5 Å². The molecule has 1 aromatic rings. The van der Waals surface area contributed by atoms with Crippen molar-refractivity contribution in [1.82, 2.24) is 0 Å². The second-order valence-corrected chi connectivity index (χ2v) is 4.56. The number of carbonyl (C=O) groups excluding carboxylic acids is 1. The molecular formula is C14H21NO3. The fourth-order valence-electron chi connectivity index (χ4n) is 1.44. The van der Waals surface area contributed by atoms with Gasteiger partial charge in [0.15, 0.2) is 0 Å². The number of rotatable bonds is 7. The van der Waals surface area contributed by atoms with E-state index < -0.39 is 0 Å². The van der Waals surface area contributed by atoms with Crippen LogP contribution in [0.2, 0.25) is 0 Å². The minimum absolute atomic E-state index is 0.205. The summed E-state index contributed by atoms with van der Waals surface area (Å²) >= 11 is 0. The first-order valence-electron chi connectivity index (χ1n) is 6.16. The van der Waals surface area contributed by atoms with Crippen LogP contribution in [0.4, 0.5) is 5.69 Å².